The Hall–Kier alpha value is -1.75. The Morgan fingerprint density at radius 3 is 2.86 bits per heavy atom. The molecule has 1 aliphatic rings. The van der Waals surface area contributed by atoms with Crippen molar-refractivity contribution in [2.45, 2.75) is 20.3 Å². The van der Waals surface area contributed by atoms with Gasteiger partial charge in [0.2, 0.25) is 5.78 Å². The van der Waals surface area contributed by atoms with Crippen LogP contribution in [0.25, 0.3) is 0 Å². The van der Waals surface area contributed by atoms with E-state index in [1.165, 1.54) is 6.92 Å². The molecule has 14 heavy (non-hydrogen) atoms. The monoisotopic (exact) mass is 187 g/mol. The zero-order valence-corrected chi connectivity index (χ0v) is 8.42. The smallest absolute Gasteiger partial charge is 0.202 e. The van der Waals surface area contributed by atoms with Crippen LogP contribution in [0.2, 0.25) is 0 Å². The maximum atomic E-state index is 10.7. The summed E-state index contributed by atoms with van der Waals surface area (Å²) in [6.45, 7) is 3.45. The van der Waals surface area contributed by atoms with E-state index in [0.29, 0.717) is 12.1 Å². The topological polar surface area (TPSA) is 43.1 Å². The number of carbonyl (C=O) groups is 1. The van der Waals surface area contributed by atoms with Gasteiger partial charge in [0.05, 0.1) is 0 Å². The van der Waals surface area contributed by atoms with E-state index in [1.54, 1.807) is 0 Å². The van der Waals surface area contributed by atoms with E-state index < -0.39 is 0 Å². The lowest BCUT2D eigenvalue weighted by Crippen LogP contribution is -1.97. The third kappa shape index (κ3) is 2.95. The molecular weight excluding hydrogens is 174 g/mol. The van der Waals surface area contributed by atoms with Gasteiger partial charge in [0.25, 0.3) is 0 Å². The molecule has 0 aliphatic heterocycles. The van der Waals surface area contributed by atoms with Gasteiger partial charge in [0.15, 0.2) is 0 Å². The minimum absolute atomic E-state index is 0.140. The van der Waals surface area contributed by atoms with Crippen molar-refractivity contribution >= 4 is 5.78 Å². The summed E-state index contributed by atoms with van der Waals surface area (Å²) in [7, 11) is 0. The number of carbonyl (C=O) groups excluding carboxylic acids is 1. The molecule has 0 bridgehead atoms. The number of hydrogen-bond donors (Lipinski definition) is 1. The quantitative estimate of drug-likeness (QED) is 0.463. The minimum Gasteiger partial charge on any atom is -0.398 e. The molecule has 0 spiro atoms. The molecule has 0 saturated heterocycles. The Balaban J connectivity index is 2.95. The molecule has 2 N–H and O–H groups in total. The second-order valence-corrected chi connectivity index (χ2v) is 3.23. The first-order valence-corrected chi connectivity index (χ1v) is 4.45. The largest absolute Gasteiger partial charge is 0.398 e. The summed E-state index contributed by atoms with van der Waals surface area (Å²) in [5.74, 6) is 5.15. The molecule has 2 nitrogen and oxygen atoms in total. The van der Waals surface area contributed by atoms with Gasteiger partial charge in [-0.3, -0.25) is 4.79 Å². The molecule has 72 valence electrons. The molecule has 0 fully saturated rings. The lowest BCUT2D eigenvalue weighted by atomic mass is 10.1. The van der Waals surface area contributed by atoms with Crippen LogP contribution in [0.4, 0.5) is 0 Å². The van der Waals surface area contributed by atoms with Crippen molar-refractivity contribution in [3.8, 4) is 11.8 Å². The summed E-state index contributed by atoms with van der Waals surface area (Å²) in [5, 5.41) is 0. The molecule has 1 aliphatic carbocycles. The lowest BCUT2D eigenvalue weighted by molar-refractivity contribution is -0.111. The molecule has 0 radical (unpaired) electrons. The van der Waals surface area contributed by atoms with Crippen LogP contribution in [-0.4, -0.2) is 5.78 Å². The molecule has 1 rings (SSSR count). The minimum atomic E-state index is -0.140. The van der Waals surface area contributed by atoms with Crippen molar-refractivity contribution in [2.75, 3.05) is 0 Å². The summed E-state index contributed by atoms with van der Waals surface area (Å²) >= 11 is 0. The van der Waals surface area contributed by atoms with Crippen molar-refractivity contribution in [1.82, 2.24) is 0 Å². The van der Waals surface area contributed by atoms with E-state index in [9.17, 15) is 4.79 Å². The zero-order chi connectivity index (χ0) is 10.6. The molecule has 0 aromatic rings. The number of ketones is 1. The summed E-state index contributed by atoms with van der Waals surface area (Å²) < 4.78 is 0. The van der Waals surface area contributed by atoms with Crippen molar-refractivity contribution in [2.24, 2.45) is 5.73 Å². The third-order valence-electron chi connectivity index (χ3n) is 1.89. The van der Waals surface area contributed by atoms with Crippen LogP contribution < -0.4 is 5.73 Å². The van der Waals surface area contributed by atoms with E-state index in [0.717, 1.165) is 11.1 Å². The van der Waals surface area contributed by atoms with Gasteiger partial charge in [0.1, 0.15) is 0 Å². The molecule has 0 aromatic heterocycles. The van der Waals surface area contributed by atoms with E-state index in [2.05, 4.69) is 11.8 Å². The second kappa shape index (κ2) is 4.48. The number of Topliss-reactive ketones (excluding diaryl/α,β-unsaturated/α-hetero) is 1. The summed E-state index contributed by atoms with van der Waals surface area (Å²) in [6, 6.07) is 0. The highest BCUT2D eigenvalue weighted by Crippen LogP contribution is 2.13. The summed E-state index contributed by atoms with van der Waals surface area (Å²) in [6.07, 6.45) is 6.51. The second-order valence-electron chi connectivity index (χ2n) is 3.23. The molecule has 2 heteroatoms. The van der Waals surface area contributed by atoms with Crippen molar-refractivity contribution < 1.29 is 4.79 Å². The van der Waals surface area contributed by atoms with Crippen LogP contribution in [0.5, 0.6) is 0 Å². The van der Waals surface area contributed by atoms with E-state index in [-0.39, 0.29) is 5.78 Å². The molecule has 0 atom stereocenters. The average molecular weight is 187 g/mol. The van der Waals surface area contributed by atoms with Gasteiger partial charge in [-0.2, -0.15) is 0 Å². The first-order valence-electron chi connectivity index (χ1n) is 4.45. The lowest BCUT2D eigenvalue weighted by Gasteiger charge is -1.96. The fourth-order valence-electron chi connectivity index (χ4n) is 1.06. The normalized spacial score (nSPS) is 15.4. The van der Waals surface area contributed by atoms with Gasteiger partial charge in [-0.15, -0.1) is 0 Å². The van der Waals surface area contributed by atoms with Crippen molar-refractivity contribution in [1.29, 1.82) is 0 Å². The number of rotatable bonds is 0. The van der Waals surface area contributed by atoms with Crippen molar-refractivity contribution in [3.63, 3.8) is 0 Å². The predicted molar refractivity (Wildman–Crippen MR) is 57.2 cm³/mol. The predicted octanol–water partition coefficient (Wildman–Crippen LogP) is 1.70. The zero-order valence-electron chi connectivity index (χ0n) is 8.42. The molecule has 0 aromatic carbocycles. The van der Waals surface area contributed by atoms with Gasteiger partial charge in [0, 0.05) is 24.6 Å². The van der Waals surface area contributed by atoms with E-state index >= 15 is 0 Å². The van der Waals surface area contributed by atoms with Crippen LogP contribution in [0.15, 0.2) is 35.1 Å². The van der Waals surface area contributed by atoms with E-state index in [1.807, 2.05) is 25.2 Å². The van der Waals surface area contributed by atoms with Gasteiger partial charge in [-0.1, -0.05) is 23.6 Å². The first kappa shape index (κ1) is 10.3. The Kier molecular flexibility index (Phi) is 3.30. The molecule has 0 saturated carbocycles. The van der Waals surface area contributed by atoms with Crippen LogP contribution >= 0.6 is 0 Å². The number of hydrogen-bond acceptors (Lipinski definition) is 2. The summed E-state index contributed by atoms with van der Waals surface area (Å²) in [4.78, 5) is 10.7. The SMILES string of the molecule is CC(=O)C#CC1=C(N)C=CC(C)=CC1. The standard InChI is InChI=1S/C12H13NO/c1-9-3-6-11(7-5-10(2)14)12(13)8-4-9/h3-4,8H,6,13H2,1-2H3. The van der Waals surface area contributed by atoms with Crippen LogP contribution in [0.3, 0.4) is 0 Å². The molecule has 0 amide bonds. The Morgan fingerprint density at radius 1 is 1.50 bits per heavy atom. The van der Waals surface area contributed by atoms with E-state index in [4.69, 9.17) is 5.73 Å². The Labute approximate surface area is 84.2 Å². The number of allylic oxidation sites excluding steroid dienone is 5. The third-order valence-corrected chi connectivity index (χ3v) is 1.89. The maximum Gasteiger partial charge on any atom is 0.202 e. The maximum absolute atomic E-state index is 10.7. The highest BCUT2D eigenvalue weighted by Gasteiger charge is 2.00. The highest BCUT2D eigenvalue weighted by atomic mass is 16.1. The summed E-state index contributed by atoms with van der Waals surface area (Å²) in [5.41, 5.74) is 8.39. The van der Waals surface area contributed by atoms with Crippen LogP contribution in [0.1, 0.15) is 20.3 Å². The highest BCUT2D eigenvalue weighted by molar-refractivity contribution is 5.93. The molecular formula is C12H13NO. The Bertz CT molecular complexity index is 400. The van der Waals surface area contributed by atoms with Gasteiger partial charge < -0.3 is 5.73 Å². The fourth-order valence-corrected chi connectivity index (χ4v) is 1.06. The first-order chi connectivity index (χ1) is 6.59. The van der Waals surface area contributed by atoms with Crippen LogP contribution in [0, 0.1) is 11.8 Å². The molecule has 0 unspecified atom stereocenters. The number of nitrogens with two attached hydrogens (primary N) is 1. The van der Waals surface area contributed by atoms with Gasteiger partial charge >= 0.3 is 0 Å². The Morgan fingerprint density at radius 2 is 2.21 bits per heavy atom. The van der Waals surface area contributed by atoms with Gasteiger partial charge in [-0.05, 0) is 18.9 Å². The van der Waals surface area contributed by atoms with Crippen LogP contribution in [-0.2, 0) is 4.79 Å². The molecule has 0 heterocycles. The average Bonchev–Trinajstić information content (AvgIpc) is 2.27. The van der Waals surface area contributed by atoms with Crippen molar-refractivity contribution in [3.05, 3.63) is 35.1 Å². The van der Waals surface area contributed by atoms with Gasteiger partial charge in [-0.25, -0.2) is 0 Å². The fraction of sp³-hybridized carbons (Fsp3) is 0.250.